The molecule has 1 atom stereocenters. The summed E-state index contributed by atoms with van der Waals surface area (Å²) in [5, 5.41) is 13.1. The second-order valence-electron chi connectivity index (χ2n) is 6.52. The van der Waals surface area contributed by atoms with Crippen molar-refractivity contribution in [2.45, 2.75) is 31.7 Å². The Hall–Kier alpha value is -3.04. The molecule has 1 aromatic heterocycles. The number of carbonyl (C=O) groups excluding carboxylic acids is 1. The van der Waals surface area contributed by atoms with Crippen LogP contribution in [0, 0.1) is 0 Å². The Labute approximate surface area is 158 Å². The third kappa shape index (κ3) is 5.02. The predicted octanol–water partition coefficient (Wildman–Crippen LogP) is 2.89. The van der Waals surface area contributed by atoms with Gasteiger partial charge in [0, 0.05) is 19.3 Å². The minimum Gasteiger partial charge on any atom is -0.478 e. The molecule has 3 rings (SSSR count). The Morgan fingerprint density at radius 2 is 1.96 bits per heavy atom. The maximum atomic E-state index is 12.6. The van der Waals surface area contributed by atoms with Crippen molar-refractivity contribution in [3.8, 4) is 5.75 Å². The molecule has 1 N–H and O–H groups in total. The number of halogens is 3. The molecule has 150 valence electrons. The Kier molecular flexibility index (Phi) is 5.57. The summed E-state index contributed by atoms with van der Waals surface area (Å²) >= 11 is 0. The number of alkyl halides is 3. The molecule has 0 bridgehead atoms. The average molecular weight is 397 g/mol. The maximum absolute atomic E-state index is 12.6. The van der Waals surface area contributed by atoms with Gasteiger partial charge in [-0.2, -0.15) is 5.10 Å². The highest BCUT2D eigenvalue weighted by Gasteiger charge is 2.31. The van der Waals surface area contributed by atoms with Crippen LogP contribution in [0.15, 0.2) is 36.7 Å². The van der Waals surface area contributed by atoms with E-state index in [2.05, 4.69) is 9.84 Å². The summed E-state index contributed by atoms with van der Waals surface area (Å²) < 4.78 is 42.0. The molecular weight excluding hydrogens is 379 g/mol. The minimum atomic E-state index is -4.76. The summed E-state index contributed by atoms with van der Waals surface area (Å²) in [6.07, 6.45) is -0.468. The SMILES string of the molecule is O=C(O)c1cnn([C@H]2CCCN(C(=O)Cc3ccc(OC(F)(F)F)cc3)C2)c1. The summed E-state index contributed by atoms with van der Waals surface area (Å²) in [4.78, 5) is 25.2. The van der Waals surface area contributed by atoms with E-state index < -0.39 is 12.3 Å². The highest BCUT2D eigenvalue weighted by atomic mass is 19.4. The lowest BCUT2D eigenvalue weighted by Crippen LogP contribution is -2.41. The molecule has 1 amide bonds. The molecule has 28 heavy (non-hydrogen) atoms. The van der Waals surface area contributed by atoms with Crippen molar-refractivity contribution in [2.24, 2.45) is 0 Å². The molecule has 1 saturated heterocycles. The minimum absolute atomic E-state index is 0.0541. The normalized spacial score (nSPS) is 17.4. The molecule has 1 aliphatic heterocycles. The zero-order valence-electron chi connectivity index (χ0n) is 14.7. The standard InChI is InChI=1S/C18H18F3N3O4/c19-18(20,21)28-15-5-3-12(4-6-15)8-16(25)23-7-1-2-14(11-23)24-10-13(9-22-24)17(26)27/h3-6,9-10,14H,1-2,7-8,11H2,(H,26,27)/t14-/m0/s1. The summed E-state index contributed by atoms with van der Waals surface area (Å²) in [5.41, 5.74) is 0.665. The molecule has 1 aliphatic rings. The smallest absolute Gasteiger partial charge is 0.478 e. The third-order valence-corrected chi connectivity index (χ3v) is 4.48. The van der Waals surface area contributed by atoms with E-state index in [0.717, 1.165) is 12.8 Å². The Bertz CT molecular complexity index is 849. The number of hydrogen-bond donors (Lipinski definition) is 1. The van der Waals surface area contributed by atoms with Crippen LogP contribution >= 0.6 is 0 Å². The molecule has 2 aromatic rings. The van der Waals surface area contributed by atoms with Gasteiger partial charge in [-0.05, 0) is 30.5 Å². The lowest BCUT2D eigenvalue weighted by molar-refractivity contribution is -0.274. The molecular formula is C18H18F3N3O4. The van der Waals surface area contributed by atoms with Crippen molar-refractivity contribution in [1.29, 1.82) is 0 Å². The third-order valence-electron chi connectivity index (χ3n) is 4.48. The van der Waals surface area contributed by atoms with Crippen LogP contribution in [-0.4, -0.2) is 51.1 Å². The van der Waals surface area contributed by atoms with Gasteiger partial charge in [-0.1, -0.05) is 12.1 Å². The number of aromatic nitrogens is 2. The van der Waals surface area contributed by atoms with Gasteiger partial charge in [-0.25, -0.2) is 4.79 Å². The largest absolute Gasteiger partial charge is 0.573 e. The van der Waals surface area contributed by atoms with Gasteiger partial charge in [-0.15, -0.1) is 13.2 Å². The van der Waals surface area contributed by atoms with Crippen LogP contribution in [0.5, 0.6) is 5.75 Å². The molecule has 7 nitrogen and oxygen atoms in total. The highest BCUT2D eigenvalue weighted by Crippen LogP contribution is 2.24. The molecule has 0 radical (unpaired) electrons. The van der Waals surface area contributed by atoms with Crippen LogP contribution in [-0.2, 0) is 11.2 Å². The Morgan fingerprint density at radius 1 is 1.25 bits per heavy atom. The van der Waals surface area contributed by atoms with Crippen molar-refractivity contribution in [2.75, 3.05) is 13.1 Å². The van der Waals surface area contributed by atoms with Crippen molar-refractivity contribution in [1.82, 2.24) is 14.7 Å². The first-order valence-corrected chi connectivity index (χ1v) is 8.61. The number of carboxylic acid groups (broad SMARTS) is 1. The van der Waals surface area contributed by atoms with Crippen molar-refractivity contribution >= 4 is 11.9 Å². The van der Waals surface area contributed by atoms with E-state index in [-0.39, 0.29) is 29.7 Å². The number of carboxylic acids is 1. The first-order valence-electron chi connectivity index (χ1n) is 8.61. The molecule has 10 heteroatoms. The molecule has 0 spiro atoms. The number of aromatic carboxylic acids is 1. The summed E-state index contributed by atoms with van der Waals surface area (Å²) in [5.74, 6) is -1.55. The predicted molar refractivity (Wildman–Crippen MR) is 90.9 cm³/mol. The van der Waals surface area contributed by atoms with Crippen LogP contribution in [0.25, 0.3) is 0 Å². The van der Waals surface area contributed by atoms with Gasteiger partial charge in [0.05, 0.1) is 24.2 Å². The molecule has 1 aromatic carbocycles. The quantitative estimate of drug-likeness (QED) is 0.839. The van der Waals surface area contributed by atoms with Crippen LogP contribution < -0.4 is 4.74 Å². The van der Waals surface area contributed by atoms with E-state index in [1.807, 2.05) is 0 Å². The van der Waals surface area contributed by atoms with Crippen LogP contribution in [0.3, 0.4) is 0 Å². The van der Waals surface area contributed by atoms with E-state index in [1.165, 1.54) is 36.7 Å². The van der Waals surface area contributed by atoms with Crippen LogP contribution in [0.1, 0.15) is 34.8 Å². The van der Waals surface area contributed by atoms with E-state index >= 15 is 0 Å². The second-order valence-corrected chi connectivity index (χ2v) is 6.52. The topological polar surface area (TPSA) is 84.7 Å². The molecule has 0 aliphatic carbocycles. The van der Waals surface area contributed by atoms with E-state index in [1.54, 1.807) is 9.58 Å². The zero-order valence-corrected chi connectivity index (χ0v) is 14.7. The Balaban J connectivity index is 1.60. The van der Waals surface area contributed by atoms with E-state index in [4.69, 9.17) is 5.11 Å². The van der Waals surface area contributed by atoms with Gasteiger partial charge in [0.1, 0.15) is 5.75 Å². The van der Waals surface area contributed by atoms with Crippen LogP contribution in [0.2, 0.25) is 0 Å². The fourth-order valence-corrected chi connectivity index (χ4v) is 3.14. The maximum Gasteiger partial charge on any atom is 0.573 e. The van der Waals surface area contributed by atoms with E-state index in [0.29, 0.717) is 18.7 Å². The number of likely N-dealkylation sites (tertiary alicyclic amines) is 1. The number of amides is 1. The fraction of sp³-hybridized carbons (Fsp3) is 0.389. The van der Waals surface area contributed by atoms with Gasteiger partial charge >= 0.3 is 12.3 Å². The average Bonchev–Trinajstić information content (AvgIpc) is 3.13. The highest BCUT2D eigenvalue weighted by molar-refractivity contribution is 5.86. The van der Waals surface area contributed by atoms with Gasteiger partial charge in [0.15, 0.2) is 0 Å². The van der Waals surface area contributed by atoms with Crippen molar-refractivity contribution in [3.63, 3.8) is 0 Å². The van der Waals surface area contributed by atoms with Crippen molar-refractivity contribution in [3.05, 3.63) is 47.8 Å². The number of piperidine rings is 1. The lowest BCUT2D eigenvalue weighted by Gasteiger charge is -2.33. The Morgan fingerprint density at radius 3 is 2.57 bits per heavy atom. The first-order chi connectivity index (χ1) is 13.2. The van der Waals surface area contributed by atoms with Gasteiger partial charge in [-0.3, -0.25) is 9.48 Å². The van der Waals surface area contributed by atoms with Crippen molar-refractivity contribution < 1.29 is 32.6 Å². The lowest BCUT2D eigenvalue weighted by atomic mass is 10.0. The number of ether oxygens (including phenoxy) is 1. The first kappa shape index (κ1) is 19.7. The van der Waals surface area contributed by atoms with E-state index in [9.17, 15) is 22.8 Å². The monoisotopic (exact) mass is 397 g/mol. The summed E-state index contributed by atoms with van der Waals surface area (Å²) in [7, 11) is 0. The van der Waals surface area contributed by atoms with Gasteiger partial charge < -0.3 is 14.7 Å². The number of carbonyl (C=O) groups is 2. The molecule has 2 heterocycles. The molecule has 1 fully saturated rings. The van der Waals surface area contributed by atoms with Gasteiger partial charge in [0.2, 0.25) is 5.91 Å². The molecule has 0 saturated carbocycles. The number of nitrogens with zero attached hydrogens (tertiary/aromatic N) is 3. The summed E-state index contributed by atoms with van der Waals surface area (Å²) in [6, 6.07) is 5.08. The number of rotatable bonds is 5. The zero-order chi connectivity index (χ0) is 20.3. The number of hydrogen-bond acceptors (Lipinski definition) is 4. The molecule has 0 unspecified atom stereocenters. The second kappa shape index (κ2) is 7.91. The fourth-order valence-electron chi connectivity index (χ4n) is 3.14. The summed E-state index contributed by atoms with van der Waals surface area (Å²) in [6.45, 7) is 0.965. The van der Waals surface area contributed by atoms with Crippen LogP contribution in [0.4, 0.5) is 13.2 Å². The number of benzene rings is 1. The van der Waals surface area contributed by atoms with Gasteiger partial charge in [0.25, 0.3) is 0 Å².